The van der Waals surface area contributed by atoms with Crippen LogP contribution in [0, 0.1) is 0 Å². The molecule has 0 bridgehead atoms. The van der Waals surface area contributed by atoms with Crippen molar-refractivity contribution in [3.63, 3.8) is 0 Å². The van der Waals surface area contributed by atoms with Gasteiger partial charge in [-0.15, -0.1) is 0 Å². The fourth-order valence-electron chi connectivity index (χ4n) is 3.88. The van der Waals surface area contributed by atoms with Crippen molar-refractivity contribution < 1.29 is 19.1 Å². The molecular weight excluding hydrogens is 597 g/mol. The third-order valence-electron chi connectivity index (χ3n) is 5.67. The van der Waals surface area contributed by atoms with E-state index in [0.717, 1.165) is 31.9 Å². The summed E-state index contributed by atoms with van der Waals surface area (Å²) in [6.07, 6.45) is 1.55. The van der Waals surface area contributed by atoms with Crippen LogP contribution < -0.4 is 4.74 Å². The van der Waals surface area contributed by atoms with Crippen molar-refractivity contribution in [1.29, 1.82) is 0 Å². The number of carbonyl (C=O) groups is 3. The van der Waals surface area contributed by atoms with E-state index in [-0.39, 0.29) is 17.2 Å². The maximum absolute atomic E-state index is 13.1. The minimum absolute atomic E-state index is 0.0559. The van der Waals surface area contributed by atoms with Gasteiger partial charge in [0.2, 0.25) is 0 Å². The number of ether oxygens (including phenoxy) is 1. The molecule has 5 nitrogen and oxygen atoms in total. The number of rotatable bonds is 5. The first-order valence-corrected chi connectivity index (χ1v) is 13.4. The van der Waals surface area contributed by atoms with E-state index in [4.69, 9.17) is 27.9 Å². The summed E-state index contributed by atoms with van der Waals surface area (Å²) in [6, 6.07) is 23.0. The number of imide groups is 1. The van der Waals surface area contributed by atoms with Gasteiger partial charge in [-0.3, -0.25) is 14.5 Å². The van der Waals surface area contributed by atoms with E-state index in [9.17, 15) is 14.4 Å². The van der Waals surface area contributed by atoms with Crippen LogP contribution in [-0.4, -0.2) is 22.0 Å². The molecule has 4 aromatic carbocycles. The zero-order chi connectivity index (χ0) is 26.1. The van der Waals surface area contributed by atoms with Gasteiger partial charge in [0.25, 0.3) is 11.1 Å². The number of hydrogen-bond acceptors (Lipinski definition) is 5. The molecule has 0 atom stereocenters. The van der Waals surface area contributed by atoms with E-state index in [0.29, 0.717) is 26.7 Å². The quantitative estimate of drug-likeness (QED) is 0.129. The van der Waals surface area contributed by atoms with Crippen molar-refractivity contribution in [2.24, 2.45) is 0 Å². The molecule has 0 radical (unpaired) electrons. The molecule has 2 amide bonds. The summed E-state index contributed by atoms with van der Waals surface area (Å²) in [5, 5.41) is 2.01. The number of carbonyl (C=O) groups excluding carboxylic acids is 3. The minimum Gasteiger partial charge on any atom is -0.422 e. The van der Waals surface area contributed by atoms with Crippen LogP contribution >= 0.6 is 50.9 Å². The number of fused-ring (bicyclic) bond motifs is 1. The number of nitrogens with zero attached hydrogens (tertiary/aromatic N) is 1. The fourth-order valence-corrected chi connectivity index (χ4v) is 5.41. The maximum atomic E-state index is 13.1. The van der Waals surface area contributed by atoms with Gasteiger partial charge in [0, 0.05) is 10.0 Å². The molecule has 0 saturated carbocycles. The van der Waals surface area contributed by atoms with Crippen molar-refractivity contribution in [2.75, 3.05) is 0 Å². The summed E-state index contributed by atoms with van der Waals surface area (Å²) in [5.41, 5.74) is 1.57. The molecule has 1 heterocycles. The Morgan fingerprint density at radius 2 is 1.73 bits per heavy atom. The highest BCUT2D eigenvalue weighted by Gasteiger charge is 2.35. The Labute approximate surface area is 235 Å². The summed E-state index contributed by atoms with van der Waals surface area (Å²) in [6.45, 7) is 0.0559. The zero-order valence-corrected chi connectivity index (χ0v) is 22.8. The number of thioether (sulfide) groups is 1. The van der Waals surface area contributed by atoms with Crippen LogP contribution in [-0.2, 0) is 11.3 Å². The smallest absolute Gasteiger partial charge is 0.344 e. The largest absolute Gasteiger partial charge is 0.422 e. The number of benzene rings is 4. The summed E-state index contributed by atoms with van der Waals surface area (Å²) < 4.78 is 6.48. The average molecular weight is 613 g/mol. The van der Waals surface area contributed by atoms with Crippen LogP contribution in [0.15, 0.2) is 88.2 Å². The SMILES string of the molecule is O=C(Oc1ccc(Br)cc1/C=C1\SC(=O)N(Cc2ccc(Cl)c(Cl)c2)C1=O)c1cccc2ccccc12. The van der Waals surface area contributed by atoms with Gasteiger partial charge >= 0.3 is 5.97 Å². The van der Waals surface area contributed by atoms with Gasteiger partial charge in [-0.1, -0.05) is 81.6 Å². The molecule has 0 N–H and O–H groups in total. The molecule has 0 aromatic heterocycles. The van der Waals surface area contributed by atoms with Gasteiger partial charge in [0.15, 0.2) is 0 Å². The van der Waals surface area contributed by atoms with Crippen molar-refractivity contribution in [3.05, 3.63) is 115 Å². The normalized spacial score (nSPS) is 14.6. The Hall–Kier alpha value is -3.10. The Morgan fingerprint density at radius 3 is 2.54 bits per heavy atom. The fraction of sp³-hybridized carbons (Fsp3) is 0.0357. The Morgan fingerprint density at radius 1 is 0.946 bits per heavy atom. The summed E-state index contributed by atoms with van der Waals surface area (Å²) in [7, 11) is 0. The van der Waals surface area contributed by atoms with E-state index in [2.05, 4.69) is 15.9 Å². The zero-order valence-electron chi connectivity index (χ0n) is 18.9. The lowest BCUT2D eigenvalue weighted by atomic mass is 10.0. The predicted molar refractivity (Wildman–Crippen MR) is 151 cm³/mol. The second-order valence-corrected chi connectivity index (χ2v) is 10.8. The van der Waals surface area contributed by atoms with Crippen LogP contribution in [0.25, 0.3) is 16.8 Å². The molecule has 5 rings (SSSR count). The number of esters is 1. The second kappa shape index (κ2) is 10.7. The van der Waals surface area contributed by atoms with Gasteiger partial charge in [-0.2, -0.15) is 0 Å². The van der Waals surface area contributed by atoms with E-state index in [1.807, 2.05) is 30.3 Å². The standard InChI is InChI=1S/C28H16BrCl2NO4S/c29-19-9-11-24(36-27(34)21-7-3-5-17-4-1-2-6-20(17)21)18(13-19)14-25-26(33)32(28(35)37-25)15-16-8-10-22(30)23(31)12-16/h1-14H,15H2/b25-14-. The van der Waals surface area contributed by atoms with Crippen LogP contribution in [0.2, 0.25) is 10.0 Å². The Bertz CT molecular complexity index is 1620. The lowest BCUT2D eigenvalue weighted by Gasteiger charge is -2.13. The summed E-state index contributed by atoms with van der Waals surface area (Å²) in [4.78, 5) is 40.2. The highest BCUT2D eigenvalue weighted by atomic mass is 79.9. The Kier molecular flexibility index (Phi) is 7.40. The molecule has 4 aromatic rings. The van der Waals surface area contributed by atoms with Crippen molar-refractivity contribution in [1.82, 2.24) is 4.90 Å². The van der Waals surface area contributed by atoms with Crippen molar-refractivity contribution in [3.8, 4) is 5.75 Å². The monoisotopic (exact) mass is 611 g/mol. The lowest BCUT2D eigenvalue weighted by Crippen LogP contribution is -2.27. The minimum atomic E-state index is -0.526. The third kappa shape index (κ3) is 5.45. The average Bonchev–Trinajstić information content (AvgIpc) is 3.14. The predicted octanol–water partition coefficient (Wildman–Crippen LogP) is 8.36. The summed E-state index contributed by atoms with van der Waals surface area (Å²) in [5.74, 6) is -0.716. The van der Waals surface area contributed by atoms with Gasteiger partial charge in [-0.25, -0.2) is 4.79 Å². The molecule has 0 unspecified atom stereocenters. The van der Waals surface area contributed by atoms with Gasteiger partial charge in [0.1, 0.15) is 5.75 Å². The number of halogens is 3. The molecule has 9 heteroatoms. The molecule has 0 aliphatic carbocycles. The van der Waals surface area contributed by atoms with Crippen LogP contribution in [0.3, 0.4) is 0 Å². The molecule has 0 spiro atoms. The van der Waals surface area contributed by atoms with E-state index in [1.54, 1.807) is 54.6 Å². The number of hydrogen-bond donors (Lipinski definition) is 0. The van der Waals surface area contributed by atoms with Crippen LogP contribution in [0.1, 0.15) is 21.5 Å². The first kappa shape index (κ1) is 25.5. The van der Waals surface area contributed by atoms with Gasteiger partial charge < -0.3 is 4.74 Å². The third-order valence-corrected chi connectivity index (χ3v) is 7.81. The highest BCUT2D eigenvalue weighted by Crippen LogP contribution is 2.36. The highest BCUT2D eigenvalue weighted by molar-refractivity contribution is 9.10. The molecule has 1 aliphatic heterocycles. The van der Waals surface area contributed by atoms with Crippen LogP contribution in [0.4, 0.5) is 4.79 Å². The molecule has 1 saturated heterocycles. The first-order chi connectivity index (χ1) is 17.8. The Balaban J connectivity index is 1.42. The molecule has 37 heavy (non-hydrogen) atoms. The second-order valence-electron chi connectivity index (χ2n) is 8.11. The maximum Gasteiger partial charge on any atom is 0.344 e. The van der Waals surface area contributed by atoms with E-state index >= 15 is 0 Å². The molecule has 184 valence electrons. The molecule has 1 fully saturated rings. The topological polar surface area (TPSA) is 63.7 Å². The lowest BCUT2D eigenvalue weighted by molar-refractivity contribution is -0.123. The van der Waals surface area contributed by atoms with Crippen molar-refractivity contribution >= 4 is 84.9 Å². The van der Waals surface area contributed by atoms with Gasteiger partial charge in [0.05, 0.1) is 27.1 Å². The van der Waals surface area contributed by atoms with E-state index < -0.39 is 17.1 Å². The molecule has 1 aliphatic rings. The van der Waals surface area contributed by atoms with Crippen LogP contribution in [0.5, 0.6) is 5.75 Å². The van der Waals surface area contributed by atoms with Gasteiger partial charge in [-0.05, 0) is 70.6 Å². The van der Waals surface area contributed by atoms with Crippen molar-refractivity contribution in [2.45, 2.75) is 6.54 Å². The molecular formula is C28H16BrCl2NO4S. The number of amides is 2. The summed E-state index contributed by atoms with van der Waals surface area (Å²) >= 11 is 16.3. The first-order valence-electron chi connectivity index (χ1n) is 11.0. The van der Waals surface area contributed by atoms with E-state index in [1.165, 1.54) is 0 Å².